The standard InChI is InChI=1S/C15H19NO4/c17-14(18)6-9-16(13-7-10-20-11-8-13)15(19)12-4-2-1-3-5-12/h1-5,13H,6-11H2,(H,17,18). The smallest absolute Gasteiger partial charge is 0.305 e. The summed E-state index contributed by atoms with van der Waals surface area (Å²) in [6, 6.07) is 9.06. The Morgan fingerprint density at radius 2 is 1.85 bits per heavy atom. The van der Waals surface area contributed by atoms with Crippen molar-refractivity contribution in [3.63, 3.8) is 0 Å². The molecule has 0 saturated carbocycles. The molecule has 0 aromatic heterocycles. The van der Waals surface area contributed by atoms with Gasteiger partial charge in [0.2, 0.25) is 0 Å². The molecule has 20 heavy (non-hydrogen) atoms. The summed E-state index contributed by atoms with van der Waals surface area (Å²) < 4.78 is 5.31. The Bertz CT molecular complexity index is 454. The Morgan fingerprint density at radius 1 is 1.20 bits per heavy atom. The number of benzene rings is 1. The molecule has 0 aliphatic carbocycles. The quantitative estimate of drug-likeness (QED) is 0.891. The lowest BCUT2D eigenvalue weighted by Crippen LogP contribution is -2.44. The number of nitrogens with zero attached hydrogens (tertiary/aromatic N) is 1. The lowest BCUT2D eigenvalue weighted by atomic mass is 10.0. The summed E-state index contributed by atoms with van der Waals surface area (Å²) in [5.41, 5.74) is 0.601. The molecule has 1 saturated heterocycles. The zero-order chi connectivity index (χ0) is 14.4. The average Bonchev–Trinajstić information content (AvgIpc) is 2.49. The number of aliphatic carboxylic acids is 1. The minimum Gasteiger partial charge on any atom is -0.481 e. The lowest BCUT2D eigenvalue weighted by Gasteiger charge is -2.34. The first-order valence-corrected chi connectivity index (χ1v) is 6.84. The van der Waals surface area contributed by atoms with Crippen LogP contribution < -0.4 is 0 Å². The van der Waals surface area contributed by atoms with E-state index in [-0.39, 0.29) is 24.9 Å². The van der Waals surface area contributed by atoms with Gasteiger partial charge >= 0.3 is 5.97 Å². The number of carbonyl (C=O) groups excluding carboxylic acids is 1. The fraction of sp³-hybridized carbons (Fsp3) is 0.467. The van der Waals surface area contributed by atoms with Gasteiger partial charge in [0.15, 0.2) is 0 Å². The van der Waals surface area contributed by atoms with Crippen LogP contribution in [0.1, 0.15) is 29.6 Å². The molecule has 5 nitrogen and oxygen atoms in total. The Morgan fingerprint density at radius 3 is 2.45 bits per heavy atom. The van der Waals surface area contributed by atoms with Gasteiger partial charge in [0.25, 0.3) is 5.91 Å². The Hall–Kier alpha value is -1.88. The second-order valence-corrected chi connectivity index (χ2v) is 4.85. The molecule has 1 aromatic carbocycles. The lowest BCUT2D eigenvalue weighted by molar-refractivity contribution is -0.137. The summed E-state index contributed by atoms with van der Waals surface area (Å²) in [5.74, 6) is -0.985. The molecule has 108 valence electrons. The van der Waals surface area contributed by atoms with Gasteiger partial charge in [-0.15, -0.1) is 0 Å². The van der Waals surface area contributed by atoms with Gasteiger partial charge in [0.1, 0.15) is 0 Å². The molecule has 1 fully saturated rings. The van der Waals surface area contributed by atoms with Crippen LogP contribution >= 0.6 is 0 Å². The van der Waals surface area contributed by atoms with Gasteiger partial charge in [0, 0.05) is 31.4 Å². The molecule has 0 unspecified atom stereocenters. The number of hydrogen-bond donors (Lipinski definition) is 1. The highest BCUT2D eigenvalue weighted by molar-refractivity contribution is 5.94. The highest BCUT2D eigenvalue weighted by Gasteiger charge is 2.26. The van der Waals surface area contributed by atoms with Crippen LogP contribution in [0.2, 0.25) is 0 Å². The normalized spacial score (nSPS) is 15.8. The third-order valence-electron chi connectivity index (χ3n) is 3.48. The van der Waals surface area contributed by atoms with E-state index in [0.717, 1.165) is 12.8 Å². The van der Waals surface area contributed by atoms with Crippen molar-refractivity contribution in [2.24, 2.45) is 0 Å². The number of amides is 1. The minimum atomic E-state index is -0.886. The van der Waals surface area contributed by atoms with Crippen LogP contribution in [0.4, 0.5) is 0 Å². The molecule has 0 atom stereocenters. The van der Waals surface area contributed by atoms with Crippen LogP contribution in [0, 0.1) is 0 Å². The van der Waals surface area contributed by atoms with Crippen molar-refractivity contribution in [3.05, 3.63) is 35.9 Å². The van der Waals surface area contributed by atoms with E-state index in [1.165, 1.54) is 0 Å². The second kappa shape index (κ2) is 7.05. The summed E-state index contributed by atoms with van der Waals surface area (Å²) >= 11 is 0. The SMILES string of the molecule is O=C(O)CCN(C(=O)c1ccccc1)C1CCOCC1. The number of hydrogen-bond acceptors (Lipinski definition) is 3. The average molecular weight is 277 g/mol. The van der Waals surface area contributed by atoms with Crippen molar-refractivity contribution in [2.75, 3.05) is 19.8 Å². The summed E-state index contributed by atoms with van der Waals surface area (Å²) in [6.07, 6.45) is 1.49. The van der Waals surface area contributed by atoms with Crippen molar-refractivity contribution in [1.29, 1.82) is 0 Å². The molecule has 1 aliphatic heterocycles. The zero-order valence-electron chi connectivity index (χ0n) is 11.3. The minimum absolute atomic E-state index is 0.0318. The van der Waals surface area contributed by atoms with E-state index in [1.807, 2.05) is 18.2 Å². The first-order chi connectivity index (χ1) is 9.68. The number of carboxylic acids is 1. The first kappa shape index (κ1) is 14.5. The van der Waals surface area contributed by atoms with E-state index in [2.05, 4.69) is 0 Å². The molecule has 1 aromatic rings. The van der Waals surface area contributed by atoms with E-state index in [1.54, 1.807) is 17.0 Å². The Balaban J connectivity index is 2.12. The third-order valence-corrected chi connectivity index (χ3v) is 3.48. The molecule has 1 amide bonds. The molecule has 5 heteroatoms. The molecule has 1 N–H and O–H groups in total. The van der Waals surface area contributed by atoms with Gasteiger partial charge < -0.3 is 14.7 Å². The van der Waals surface area contributed by atoms with E-state index >= 15 is 0 Å². The van der Waals surface area contributed by atoms with Gasteiger partial charge in [-0.2, -0.15) is 0 Å². The zero-order valence-corrected chi connectivity index (χ0v) is 11.3. The molecule has 0 bridgehead atoms. The van der Waals surface area contributed by atoms with Crippen LogP contribution in [0.15, 0.2) is 30.3 Å². The number of ether oxygens (including phenoxy) is 1. The molecular weight excluding hydrogens is 258 g/mol. The molecule has 2 rings (SSSR count). The van der Waals surface area contributed by atoms with E-state index in [0.29, 0.717) is 18.8 Å². The van der Waals surface area contributed by atoms with Gasteiger partial charge in [0.05, 0.1) is 6.42 Å². The Kier molecular flexibility index (Phi) is 5.12. The van der Waals surface area contributed by atoms with Crippen molar-refractivity contribution in [1.82, 2.24) is 4.90 Å². The number of rotatable bonds is 5. The summed E-state index contributed by atoms with van der Waals surface area (Å²) in [6.45, 7) is 1.49. The highest BCUT2D eigenvalue weighted by atomic mass is 16.5. The molecule has 1 aliphatic rings. The predicted molar refractivity (Wildman–Crippen MR) is 73.6 cm³/mol. The maximum Gasteiger partial charge on any atom is 0.305 e. The number of carboxylic acid groups (broad SMARTS) is 1. The third kappa shape index (κ3) is 3.81. The monoisotopic (exact) mass is 277 g/mol. The van der Waals surface area contributed by atoms with Crippen LogP contribution in [0.25, 0.3) is 0 Å². The van der Waals surface area contributed by atoms with Crippen LogP contribution in [0.3, 0.4) is 0 Å². The van der Waals surface area contributed by atoms with Crippen molar-refractivity contribution in [3.8, 4) is 0 Å². The topological polar surface area (TPSA) is 66.8 Å². The van der Waals surface area contributed by atoms with Crippen molar-refractivity contribution in [2.45, 2.75) is 25.3 Å². The highest BCUT2D eigenvalue weighted by Crippen LogP contribution is 2.18. The summed E-state index contributed by atoms with van der Waals surface area (Å²) in [7, 11) is 0. The van der Waals surface area contributed by atoms with Crippen molar-refractivity contribution >= 4 is 11.9 Å². The molecule has 0 spiro atoms. The fourth-order valence-electron chi connectivity index (χ4n) is 2.41. The van der Waals surface area contributed by atoms with Gasteiger partial charge in [-0.3, -0.25) is 9.59 Å². The summed E-state index contributed by atoms with van der Waals surface area (Å²) in [4.78, 5) is 25.0. The number of carbonyl (C=O) groups is 2. The first-order valence-electron chi connectivity index (χ1n) is 6.84. The van der Waals surface area contributed by atoms with Gasteiger partial charge in [-0.25, -0.2) is 0 Å². The molecule has 0 radical (unpaired) electrons. The van der Waals surface area contributed by atoms with Gasteiger partial charge in [-0.1, -0.05) is 18.2 Å². The fourth-order valence-corrected chi connectivity index (χ4v) is 2.41. The van der Waals surface area contributed by atoms with Crippen LogP contribution in [-0.2, 0) is 9.53 Å². The maximum absolute atomic E-state index is 12.5. The largest absolute Gasteiger partial charge is 0.481 e. The summed E-state index contributed by atoms with van der Waals surface area (Å²) in [5, 5.41) is 8.85. The molecular formula is C15H19NO4. The van der Waals surface area contributed by atoms with E-state index < -0.39 is 5.97 Å². The maximum atomic E-state index is 12.5. The van der Waals surface area contributed by atoms with Crippen LogP contribution in [-0.4, -0.2) is 47.7 Å². The Labute approximate surface area is 118 Å². The van der Waals surface area contributed by atoms with Crippen molar-refractivity contribution < 1.29 is 19.4 Å². The predicted octanol–water partition coefficient (Wildman–Crippen LogP) is 1.78. The van der Waals surface area contributed by atoms with E-state index in [9.17, 15) is 9.59 Å². The second-order valence-electron chi connectivity index (χ2n) is 4.85. The van der Waals surface area contributed by atoms with Gasteiger partial charge in [-0.05, 0) is 25.0 Å². The molecule has 1 heterocycles. The van der Waals surface area contributed by atoms with Crippen LogP contribution in [0.5, 0.6) is 0 Å². The van der Waals surface area contributed by atoms with E-state index in [4.69, 9.17) is 9.84 Å².